The average Bonchev–Trinajstić information content (AvgIpc) is 3.02. The molecule has 13 heteroatoms. The van der Waals surface area contributed by atoms with Gasteiger partial charge in [0, 0.05) is 6.07 Å². The highest BCUT2D eigenvalue weighted by Crippen LogP contribution is 2.38. The minimum atomic E-state index is -4.75. The molecule has 3 rings (SSSR count). The fraction of sp³-hybridized carbons (Fsp3) is 0.190. The van der Waals surface area contributed by atoms with Crippen molar-refractivity contribution in [3.05, 3.63) is 68.6 Å². The Balaban J connectivity index is 1.76. The average molecular weight is 496 g/mol. The van der Waals surface area contributed by atoms with E-state index in [-0.39, 0.29) is 23.0 Å². The van der Waals surface area contributed by atoms with Crippen LogP contribution < -0.4 is 4.74 Å². The second kappa shape index (κ2) is 9.95. The largest absolute Gasteiger partial charge is 0.465 e. The number of hydrogen-bond acceptors (Lipinski definition) is 8. The van der Waals surface area contributed by atoms with Gasteiger partial charge in [0.25, 0.3) is 11.1 Å². The Morgan fingerprint density at radius 3 is 2.44 bits per heavy atom. The Labute approximate surface area is 194 Å². The van der Waals surface area contributed by atoms with E-state index in [1.807, 2.05) is 0 Å². The molecule has 0 unspecified atom stereocenters. The second-order valence-corrected chi connectivity index (χ2v) is 7.67. The van der Waals surface area contributed by atoms with Crippen LogP contribution in [0.2, 0.25) is 0 Å². The molecular weight excluding hydrogens is 481 g/mol. The van der Waals surface area contributed by atoms with E-state index in [1.54, 1.807) is 6.92 Å². The molecule has 0 bridgehead atoms. The zero-order chi connectivity index (χ0) is 25.0. The number of halogens is 3. The van der Waals surface area contributed by atoms with Crippen molar-refractivity contribution in [3.63, 3.8) is 0 Å². The summed E-state index contributed by atoms with van der Waals surface area (Å²) in [5.74, 6) is -1.67. The highest BCUT2D eigenvalue weighted by molar-refractivity contribution is 8.18. The Kier molecular flexibility index (Phi) is 7.25. The van der Waals surface area contributed by atoms with Crippen molar-refractivity contribution in [1.29, 1.82) is 0 Å². The third kappa shape index (κ3) is 5.73. The first-order valence-electron chi connectivity index (χ1n) is 9.54. The van der Waals surface area contributed by atoms with Crippen molar-refractivity contribution in [1.82, 2.24) is 4.90 Å². The Bertz CT molecular complexity index is 1180. The zero-order valence-corrected chi connectivity index (χ0v) is 18.1. The van der Waals surface area contributed by atoms with Crippen molar-refractivity contribution in [2.75, 3.05) is 13.2 Å². The van der Waals surface area contributed by atoms with Crippen LogP contribution in [0.25, 0.3) is 6.08 Å². The smallest absolute Gasteiger partial charge is 0.416 e. The topological polar surface area (TPSA) is 116 Å². The molecule has 178 valence electrons. The molecule has 0 spiro atoms. The number of benzene rings is 2. The number of imide groups is 1. The quantitative estimate of drug-likeness (QED) is 0.227. The van der Waals surface area contributed by atoms with Gasteiger partial charge in [0.15, 0.2) is 0 Å². The van der Waals surface area contributed by atoms with Crippen molar-refractivity contribution in [2.45, 2.75) is 13.1 Å². The van der Waals surface area contributed by atoms with Gasteiger partial charge in [-0.2, -0.15) is 13.2 Å². The van der Waals surface area contributed by atoms with Crippen LogP contribution in [0.15, 0.2) is 47.4 Å². The molecule has 1 aliphatic heterocycles. The number of amides is 2. The van der Waals surface area contributed by atoms with Crippen molar-refractivity contribution < 1.29 is 42.0 Å². The molecule has 1 heterocycles. The summed E-state index contributed by atoms with van der Waals surface area (Å²) in [6.07, 6.45) is -3.35. The van der Waals surface area contributed by atoms with Gasteiger partial charge in [0.2, 0.25) is 5.75 Å². The lowest BCUT2D eigenvalue weighted by molar-refractivity contribution is -0.385. The minimum Gasteiger partial charge on any atom is -0.465 e. The molecule has 1 aliphatic rings. The number of nitro groups is 1. The van der Waals surface area contributed by atoms with Crippen molar-refractivity contribution >= 4 is 40.6 Å². The molecule has 1 fully saturated rings. The van der Waals surface area contributed by atoms with Crippen molar-refractivity contribution in [2.24, 2.45) is 0 Å². The van der Waals surface area contributed by atoms with E-state index in [2.05, 4.69) is 0 Å². The Hall–Kier alpha value is -3.87. The fourth-order valence-corrected chi connectivity index (χ4v) is 3.64. The van der Waals surface area contributed by atoms with Crippen LogP contribution in [0.4, 0.5) is 23.7 Å². The lowest BCUT2D eigenvalue weighted by atomic mass is 10.1. The van der Waals surface area contributed by atoms with Crippen LogP contribution in [0.5, 0.6) is 11.5 Å². The van der Waals surface area contributed by atoms with Crippen LogP contribution in [-0.2, 0) is 20.5 Å². The standard InChI is InChI=1S/C21H15F3N2O7S/c1-2-32-18(27)11-25-19(28)17(34-20(25)29)9-12-3-6-14(7-4-12)33-16-8-5-13(21(22,23)24)10-15(16)26(30)31/h3-10H,2,11H2,1H3/b17-9+. The molecule has 0 atom stereocenters. The third-order valence-corrected chi connectivity index (χ3v) is 5.26. The molecule has 0 N–H and O–H groups in total. The maximum absolute atomic E-state index is 12.8. The van der Waals surface area contributed by atoms with Crippen LogP contribution in [0.3, 0.4) is 0 Å². The summed E-state index contributed by atoms with van der Waals surface area (Å²) in [6, 6.07) is 7.63. The second-order valence-electron chi connectivity index (χ2n) is 6.68. The summed E-state index contributed by atoms with van der Waals surface area (Å²) in [5.41, 5.74) is -1.57. The zero-order valence-electron chi connectivity index (χ0n) is 17.3. The van der Waals surface area contributed by atoms with Gasteiger partial charge in [-0.05, 0) is 54.6 Å². The van der Waals surface area contributed by atoms with Gasteiger partial charge < -0.3 is 9.47 Å². The lowest BCUT2D eigenvalue weighted by Gasteiger charge is -2.11. The Morgan fingerprint density at radius 1 is 1.18 bits per heavy atom. The number of carbonyl (C=O) groups is 3. The van der Waals surface area contributed by atoms with E-state index in [4.69, 9.17) is 9.47 Å². The molecule has 2 aromatic carbocycles. The van der Waals surface area contributed by atoms with Gasteiger partial charge in [-0.15, -0.1) is 0 Å². The molecule has 1 saturated heterocycles. The number of nitro benzene ring substituents is 1. The number of rotatable bonds is 7. The molecule has 9 nitrogen and oxygen atoms in total. The van der Waals surface area contributed by atoms with Gasteiger partial charge in [-0.25, -0.2) is 0 Å². The van der Waals surface area contributed by atoms with Crippen LogP contribution in [0, 0.1) is 10.1 Å². The first kappa shape index (κ1) is 24.8. The van der Waals surface area contributed by atoms with E-state index in [0.717, 1.165) is 11.0 Å². The molecule has 34 heavy (non-hydrogen) atoms. The van der Waals surface area contributed by atoms with E-state index in [0.29, 0.717) is 29.5 Å². The molecular formula is C21H15F3N2O7S. The fourth-order valence-electron chi connectivity index (χ4n) is 2.81. The first-order chi connectivity index (χ1) is 16.0. The van der Waals surface area contributed by atoms with Crippen LogP contribution in [0.1, 0.15) is 18.1 Å². The van der Waals surface area contributed by atoms with Gasteiger partial charge in [0.1, 0.15) is 12.3 Å². The number of alkyl halides is 3. The monoisotopic (exact) mass is 496 g/mol. The summed E-state index contributed by atoms with van der Waals surface area (Å²) in [4.78, 5) is 47.0. The van der Waals surface area contributed by atoms with E-state index in [1.165, 1.54) is 30.3 Å². The maximum Gasteiger partial charge on any atom is 0.416 e. The number of nitrogens with zero attached hydrogens (tertiary/aromatic N) is 2. The van der Waals surface area contributed by atoms with Crippen LogP contribution in [-0.4, -0.2) is 40.1 Å². The first-order valence-corrected chi connectivity index (χ1v) is 10.4. The number of thioether (sulfide) groups is 1. The molecule has 0 saturated carbocycles. The summed E-state index contributed by atoms with van der Waals surface area (Å²) in [6.45, 7) is 1.19. The summed E-state index contributed by atoms with van der Waals surface area (Å²) in [5, 5.41) is 10.6. The van der Waals surface area contributed by atoms with Gasteiger partial charge in [-0.3, -0.25) is 29.4 Å². The predicted octanol–water partition coefficient (Wildman–Crippen LogP) is 5.01. The summed E-state index contributed by atoms with van der Waals surface area (Å²) < 4.78 is 48.6. The molecule has 2 aromatic rings. The van der Waals surface area contributed by atoms with E-state index >= 15 is 0 Å². The maximum atomic E-state index is 12.8. The molecule has 0 aliphatic carbocycles. The normalized spacial score (nSPS) is 15.1. The van der Waals surface area contributed by atoms with Gasteiger partial charge in [0.05, 0.1) is 22.0 Å². The lowest BCUT2D eigenvalue weighted by Crippen LogP contribution is -2.34. The van der Waals surface area contributed by atoms with E-state index < -0.39 is 46.0 Å². The summed E-state index contributed by atoms with van der Waals surface area (Å²) in [7, 11) is 0. The third-order valence-electron chi connectivity index (χ3n) is 4.35. The number of hydrogen-bond donors (Lipinski definition) is 0. The number of ether oxygens (including phenoxy) is 2. The SMILES string of the molecule is CCOC(=O)CN1C(=O)S/C(=C/c2ccc(Oc3ccc(C(F)(F)F)cc3[N+](=O)[O-])cc2)C1=O. The molecule has 2 amide bonds. The van der Waals surface area contributed by atoms with Gasteiger partial charge >= 0.3 is 17.8 Å². The number of carbonyl (C=O) groups excluding carboxylic acids is 3. The highest BCUT2D eigenvalue weighted by Gasteiger charge is 2.36. The Morgan fingerprint density at radius 2 is 1.85 bits per heavy atom. The van der Waals surface area contributed by atoms with Gasteiger partial charge in [-0.1, -0.05) is 12.1 Å². The molecule has 0 aromatic heterocycles. The summed E-state index contributed by atoms with van der Waals surface area (Å²) >= 11 is 0.645. The van der Waals surface area contributed by atoms with Crippen molar-refractivity contribution in [3.8, 4) is 11.5 Å². The van der Waals surface area contributed by atoms with E-state index in [9.17, 15) is 37.7 Å². The predicted molar refractivity (Wildman–Crippen MR) is 114 cm³/mol. The molecule has 0 radical (unpaired) electrons. The highest BCUT2D eigenvalue weighted by atomic mass is 32.2. The number of esters is 1. The minimum absolute atomic E-state index is 0.0707. The van der Waals surface area contributed by atoms with Crippen LogP contribution >= 0.6 is 11.8 Å².